The van der Waals surface area contributed by atoms with Gasteiger partial charge in [0.25, 0.3) is 0 Å². The molecule has 1 aromatic heterocycles. The number of phenols is 1. The molecule has 0 atom stereocenters. The van der Waals surface area contributed by atoms with Gasteiger partial charge in [0.15, 0.2) is 0 Å². The summed E-state index contributed by atoms with van der Waals surface area (Å²) in [5, 5.41) is 10.6. The number of hydrogen-bond acceptors (Lipinski definition) is 6. The molecule has 28 heavy (non-hydrogen) atoms. The predicted molar refractivity (Wildman–Crippen MR) is 103 cm³/mol. The van der Waals surface area contributed by atoms with Gasteiger partial charge in [0.1, 0.15) is 30.3 Å². The van der Waals surface area contributed by atoms with Gasteiger partial charge in [-0.25, -0.2) is 9.59 Å². The van der Waals surface area contributed by atoms with Crippen molar-refractivity contribution in [3.8, 4) is 11.5 Å². The van der Waals surface area contributed by atoms with Crippen LogP contribution in [0.2, 0.25) is 0 Å². The third-order valence-electron chi connectivity index (χ3n) is 4.66. The van der Waals surface area contributed by atoms with Crippen molar-refractivity contribution in [2.75, 3.05) is 6.61 Å². The van der Waals surface area contributed by atoms with Gasteiger partial charge in [-0.3, -0.25) is 0 Å². The van der Waals surface area contributed by atoms with Crippen molar-refractivity contribution in [3.63, 3.8) is 0 Å². The first-order chi connectivity index (χ1) is 13.5. The summed E-state index contributed by atoms with van der Waals surface area (Å²) in [5.41, 5.74) is 2.13. The molecule has 3 aromatic rings. The zero-order valence-corrected chi connectivity index (χ0v) is 15.2. The third-order valence-corrected chi connectivity index (χ3v) is 4.66. The quantitative estimate of drug-likeness (QED) is 0.552. The standard InChI is InChI=1S/C22H18O6/c1-2-13-8-17-15(9-21(24)28-20(17)10-18(13)23)11-27-22(25)16-7-14-5-3-4-6-19(14)26-12-16/h3-10,23H,2,11-12H2,1H3. The molecule has 0 saturated heterocycles. The second-order valence-corrected chi connectivity index (χ2v) is 6.49. The number of hydrogen-bond donors (Lipinski definition) is 1. The van der Waals surface area contributed by atoms with Gasteiger partial charge in [-0.05, 0) is 30.2 Å². The molecule has 0 saturated carbocycles. The van der Waals surface area contributed by atoms with E-state index in [4.69, 9.17) is 13.9 Å². The zero-order valence-electron chi connectivity index (χ0n) is 15.2. The molecule has 2 heterocycles. The highest BCUT2D eigenvalue weighted by Gasteiger charge is 2.19. The predicted octanol–water partition coefficient (Wildman–Crippen LogP) is 3.58. The zero-order chi connectivity index (χ0) is 19.7. The van der Waals surface area contributed by atoms with Gasteiger partial charge in [-0.1, -0.05) is 25.1 Å². The number of benzene rings is 2. The molecular weight excluding hydrogens is 360 g/mol. The molecule has 0 spiro atoms. The normalized spacial score (nSPS) is 12.8. The highest BCUT2D eigenvalue weighted by molar-refractivity contribution is 5.95. The number of para-hydroxylation sites is 1. The second-order valence-electron chi connectivity index (χ2n) is 6.49. The van der Waals surface area contributed by atoms with E-state index in [2.05, 4.69) is 0 Å². The van der Waals surface area contributed by atoms with Gasteiger partial charge in [-0.2, -0.15) is 0 Å². The summed E-state index contributed by atoms with van der Waals surface area (Å²) in [7, 11) is 0. The Morgan fingerprint density at radius 3 is 2.82 bits per heavy atom. The van der Waals surface area contributed by atoms with Crippen LogP contribution in [0.1, 0.15) is 23.6 Å². The van der Waals surface area contributed by atoms with Gasteiger partial charge >= 0.3 is 11.6 Å². The smallest absolute Gasteiger partial charge is 0.337 e. The van der Waals surface area contributed by atoms with Crippen LogP contribution in [0.4, 0.5) is 0 Å². The van der Waals surface area contributed by atoms with E-state index in [-0.39, 0.29) is 24.5 Å². The molecule has 1 N–H and O–H groups in total. The lowest BCUT2D eigenvalue weighted by atomic mass is 10.0. The molecule has 4 rings (SSSR count). The Kier molecular flexibility index (Phi) is 4.61. The maximum absolute atomic E-state index is 12.5. The molecule has 1 aliphatic heterocycles. The lowest BCUT2D eigenvalue weighted by molar-refractivity contribution is -0.140. The number of aromatic hydroxyl groups is 1. The Balaban J connectivity index is 1.60. The number of phenolic OH excluding ortho intramolecular Hbond substituents is 1. The van der Waals surface area contributed by atoms with Crippen molar-refractivity contribution in [1.82, 2.24) is 0 Å². The largest absolute Gasteiger partial charge is 0.508 e. The Morgan fingerprint density at radius 1 is 1.18 bits per heavy atom. The van der Waals surface area contributed by atoms with Crippen molar-refractivity contribution in [3.05, 3.63) is 75.1 Å². The Labute approximate surface area is 160 Å². The molecule has 6 nitrogen and oxygen atoms in total. The van der Waals surface area contributed by atoms with Gasteiger partial charge in [-0.15, -0.1) is 0 Å². The van der Waals surface area contributed by atoms with Crippen LogP contribution in [0.5, 0.6) is 11.5 Å². The van der Waals surface area contributed by atoms with E-state index in [0.717, 1.165) is 11.3 Å². The molecule has 0 amide bonds. The molecule has 0 bridgehead atoms. The second kappa shape index (κ2) is 7.23. The first-order valence-electron chi connectivity index (χ1n) is 8.93. The Bertz CT molecular complexity index is 1160. The van der Waals surface area contributed by atoms with Crippen LogP contribution in [0.15, 0.2) is 57.2 Å². The fraction of sp³-hybridized carbons (Fsp3) is 0.182. The summed E-state index contributed by atoms with van der Waals surface area (Å²) in [6.45, 7) is 1.95. The summed E-state index contributed by atoms with van der Waals surface area (Å²) in [6, 6.07) is 11.9. The number of aryl methyl sites for hydroxylation is 1. The summed E-state index contributed by atoms with van der Waals surface area (Å²) in [6.07, 6.45) is 2.36. The average Bonchev–Trinajstić information content (AvgIpc) is 2.70. The minimum Gasteiger partial charge on any atom is -0.508 e. The van der Waals surface area contributed by atoms with E-state index in [1.165, 1.54) is 12.1 Å². The molecule has 2 aromatic carbocycles. The van der Waals surface area contributed by atoms with Crippen molar-refractivity contribution >= 4 is 23.0 Å². The van der Waals surface area contributed by atoms with Crippen LogP contribution < -0.4 is 10.4 Å². The van der Waals surface area contributed by atoms with Crippen molar-refractivity contribution < 1.29 is 23.8 Å². The fourth-order valence-corrected chi connectivity index (χ4v) is 3.18. The topological polar surface area (TPSA) is 86.0 Å². The van der Waals surface area contributed by atoms with Crippen LogP contribution in [0, 0.1) is 0 Å². The highest BCUT2D eigenvalue weighted by Crippen LogP contribution is 2.28. The summed E-state index contributed by atoms with van der Waals surface area (Å²) in [4.78, 5) is 24.3. The van der Waals surface area contributed by atoms with E-state index in [1.807, 2.05) is 31.2 Å². The molecule has 142 valence electrons. The van der Waals surface area contributed by atoms with Crippen LogP contribution in [-0.4, -0.2) is 17.7 Å². The molecule has 0 fully saturated rings. The molecule has 0 aliphatic carbocycles. The SMILES string of the molecule is CCc1cc2c(COC(=O)C3=Cc4ccccc4OC3)cc(=O)oc2cc1O. The first-order valence-corrected chi connectivity index (χ1v) is 8.93. The number of carbonyl (C=O) groups excluding carboxylic acids is 1. The lowest BCUT2D eigenvalue weighted by Gasteiger charge is -2.17. The van der Waals surface area contributed by atoms with Crippen LogP contribution in [0.25, 0.3) is 17.0 Å². The molecular formula is C22H18O6. The first kappa shape index (κ1) is 17.9. The molecule has 1 aliphatic rings. The van der Waals surface area contributed by atoms with E-state index in [1.54, 1.807) is 12.1 Å². The lowest BCUT2D eigenvalue weighted by Crippen LogP contribution is -2.17. The van der Waals surface area contributed by atoms with E-state index in [9.17, 15) is 14.7 Å². The fourth-order valence-electron chi connectivity index (χ4n) is 3.18. The third kappa shape index (κ3) is 3.36. The van der Waals surface area contributed by atoms with Gasteiger partial charge < -0.3 is 19.0 Å². The average molecular weight is 378 g/mol. The number of carbonyl (C=O) groups is 1. The van der Waals surface area contributed by atoms with Crippen molar-refractivity contribution in [2.24, 2.45) is 0 Å². The maximum Gasteiger partial charge on any atom is 0.337 e. The molecule has 0 radical (unpaired) electrons. The van der Waals surface area contributed by atoms with Crippen LogP contribution >= 0.6 is 0 Å². The summed E-state index contributed by atoms with van der Waals surface area (Å²) in [5.74, 6) is 0.276. The molecule has 0 unspecified atom stereocenters. The van der Waals surface area contributed by atoms with E-state index < -0.39 is 11.6 Å². The monoisotopic (exact) mass is 378 g/mol. The van der Waals surface area contributed by atoms with Crippen LogP contribution in [-0.2, 0) is 22.6 Å². The molecule has 6 heteroatoms. The van der Waals surface area contributed by atoms with E-state index in [0.29, 0.717) is 28.5 Å². The number of ether oxygens (including phenoxy) is 2. The van der Waals surface area contributed by atoms with Crippen LogP contribution in [0.3, 0.4) is 0 Å². The minimum absolute atomic E-state index is 0.0652. The van der Waals surface area contributed by atoms with Crippen molar-refractivity contribution in [2.45, 2.75) is 20.0 Å². The number of esters is 1. The Morgan fingerprint density at radius 2 is 2.00 bits per heavy atom. The van der Waals surface area contributed by atoms with E-state index >= 15 is 0 Å². The maximum atomic E-state index is 12.5. The Hall–Kier alpha value is -3.54. The summed E-state index contributed by atoms with van der Waals surface area (Å²) < 4.78 is 16.2. The van der Waals surface area contributed by atoms with Gasteiger partial charge in [0.05, 0.1) is 5.57 Å². The summed E-state index contributed by atoms with van der Waals surface area (Å²) >= 11 is 0. The highest BCUT2D eigenvalue weighted by atomic mass is 16.5. The van der Waals surface area contributed by atoms with Crippen molar-refractivity contribution in [1.29, 1.82) is 0 Å². The van der Waals surface area contributed by atoms with Gasteiger partial charge in [0.2, 0.25) is 0 Å². The number of fused-ring (bicyclic) bond motifs is 2. The minimum atomic E-state index is -0.573. The number of rotatable bonds is 4. The van der Waals surface area contributed by atoms with Gasteiger partial charge in [0, 0.05) is 28.6 Å².